The fourth-order valence-corrected chi connectivity index (χ4v) is 2.66. The molecule has 3 heteroatoms. The van der Waals surface area contributed by atoms with Crippen molar-refractivity contribution in [3.8, 4) is 0 Å². The zero-order valence-corrected chi connectivity index (χ0v) is 11.0. The summed E-state index contributed by atoms with van der Waals surface area (Å²) in [4.78, 5) is 2.54. The topological polar surface area (TPSA) is 29.3 Å². The quantitative estimate of drug-likeness (QED) is 0.893. The molecule has 0 aromatic heterocycles. The zero-order valence-electron chi connectivity index (χ0n) is 10.2. The molecule has 1 aromatic carbocycles. The van der Waals surface area contributed by atoms with Gasteiger partial charge >= 0.3 is 0 Å². The van der Waals surface area contributed by atoms with Gasteiger partial charge in [0.25, 0.3) is 0 Å². The number of hydrogen-bond donors (Lipinski definition) is 1. The molecule has 1 unspecified atom stereocenters. The van der Waals surface area contributed by atoms with Gasteiger partial charge in [0.2, 0.25) is 0 Å². The third-order valence-corrected chi connectivity index (χ3v) is 3.82. The molecule has 0 saturated carbocycles. The van der Waals surface area contributed by atoms with Gasteiger partial charge in [-0.2, -0.15) is 0 Å². The third-order valence-electron chi connectivity index (χ3n) is 3.56. The second-order valence-electron chi connectivity index (χ2n) is 4.82. The highest BCUT2D eigenvalue weighted by atomic mass is 35.5. The molecule has 1 aliphatic heterocycles. The average Bonchev–Trinajstić information content (AvgIpc) is 2.39. The van der Waals surface area contributed by atoms with Crippen molar-refractivity contribution in [2.45, 2.75) is 31.7 Å². The first-order chi connectivity index (χ1) is 8.29. The Kier molecular flexibility index (Phi) is 4.84. The largest absolute Gasteiger partial charge is 0.329 e. The molecule has 0 bridgehead atoms. The Balaban J connectivity index is 1.96. The van der Waals surface area contributed by atoms with Crippen LogP contribution in [0.5, 0.6) is 0 Å². The normalized spacial score (nSPS) is 19.2. The van der Waals surface area contributed by atoms with Crippen molar-refractivity contribution in [3.05, 3.63) is 34.9 Å². The highest BCUT2D eigenvalue weighted by molar-refractivity contribution is 6.30. The van der Waals surface area contributed by atoms with Crippen molar-refractivity contribution in [2.24, 2.45) is 5.73 Å². The number of likely N-dealkylation sites (tertiary alicyclic amines) is 1. The maximum Gasteiger partial charge on any atom is 0.0406 e. The molecular formula is C14H21ClN2. The number of piperidine rings is 1. The van der Waals surface area contributed by atoms with Crippen LogP contribution >= 0.6 is 11.6 Å². The van der Waals surface area contributed by atoms with Gasteiger partial charge < -0.3 is 5.73 Å². The lowest BCUT2D eigenvalue weighted by Gasteiger charge is -2.34. The van der Waals surface area contributed by atoms with Crippen LogP contribution in [0.2, 0.25) is 5.02 Å². The van der Waals surface area contributed by atoms with Crippen molar-refractivity contribution in [1.29, 1.82) is 0 Å². The minimum Gasteiger partial charge on any atom is -0.329 e. The molecule has 1 fully saturated rings. The van der Waals surface area contributed by atoms with Crippen molar-refractivity contribution in [2.75, 3.05) is 19.6 Å². The van der Waals surface area contributed by atoms with Gasteiger partial charge in [0.05, 0.1) is 0 Å². The molecule has 2 rings (SSSR count). The summed E-state index contributed by atoms with van der Waals surface area (Å²) in [6, 6.07) is 8.61. The standard InChI is InChI=1S/C14H21ClN2/c15-13-6-4-12(5-7-13)10-14(11-16)17-8-2-1-3-9-17/h4-7,14H,1-3,8-11,16H2. The summed E-state index contributed by atoms with van der Waals surface area (Å²) in [6.45, 7) is 3.15. The van der Waals surface area contributed by atoms with E-state index in [0.29, 0.717) is 6.04 Å². The molecule has 17 heavy (non-hydrogen) atoms. The molecule has 1 aliphatic rings. The van der Waals surface area contributed by atoms with Crippen LogP contribution in [0.3, 0.4) is 0 Å². The van der Waals surface area contributed by atoms with Gasteiger partial charge in [0, 0.05) is 17.6 Å². The van der Waals surface area contributed by atoms with Gasteiger partial charge in [-0.1, -0.05) is 30.2 Å². The lowest BCUT2D eigenvalue weighted by atomic mass is 10.0. The van der Waals surface area contributed by atoms with E-state index in [4.69, 9.17) is 17.3 Å². The molecule has 1 saturated heterocycles. The Morgan fingerprint density at radius 1 is 1.12 bits per heavy atom. The first-order valence-electron chi connectivity index (χ1n) is 6.48. The first-order valence-corrected chi connectivity index (χ1v) is 6.86. The number of hydrogen-bond acceptors (Lipinski definition) is 2. The van der Waals surface area contributed by atoms with E-state index < -0.39 is 0 Å². The van der Waals surface area contributed by atoms with Gasteiger partial charge in [-0.25, -0.2) is 0 Å². The van der Waals surface area contributed by atoms with Gasteiger partial charge in [-0.3, -0.25) is 4.90 Å². The predicted molar refractivity (Wildman–Crippen MR) is 73.4 cm³/mol. The first kappa shape index (κ1) is 12.9. The summed E-state index contributed by atoms with van der Waals surface area (Å²) in [5.74, 6) is 0. The summed E-state index contributed by atoms with van der Waals surface area (Å²) >= 11 is 5.90. The fraction of sp³-hybridized carbons (Fsp3) is 0.571. The van der Waals surface area contributed by atoms with Gasteiger partial charge in [0.15, 0.2) is 0 Å². The van der Waals surface area contributed by atoms with Crippen LogP contribution in [0.15, 0.2) is 24.3 Å². The third kappa shape index (κ3) is 3.70. The molecule has 94 valence electrons. The Morgan fingerprint density at radius 3 is 2.35 bits per heavy atom. The maximum atomic E-state index is 5.91. The van der Waals surface area contributed by atoms with Crippen LogP contribution in [0, 0.1) is 0 Å². The number of rotatable bonds is 4. The zero-order chi connectivity index (χ0) is 12.1. The van der Waals surface area contributed by atoms with E-state index >= 15 is 0 Å². The summed E-state index contributed by atoms with van der Waals surface area (Å²) in [6.07, 6.45) is 5.04. The van der Waals surface area contributed by atoms with Crippen LogP contribution in [-0.4, -0.2) is 30.6 Å². The number of benzene rings is 1. The van der Waals surface area contributed by atoms with Gasteiger partial charge in [-0.05, 0) is 50.0 Å². The van der Waals surface area contributed by atoms with Crippen LogP contribution in [-0.2, 0) is 6.42 Å². The Hall–Kier alpha value is -0.570. The summed E-state index contributed by atoms with van der Waals surface area (Å²) in [5, 5.41) is 0.802. The van der Waals surface area contributed by atoms with Crippen LogP contribution in [0.1, 0.15) is 24.8 Å². The number of nitrogens with two attached hydrogens (primary N) is 1. The second kappa shape index (κ2) is 6.39. The summed E-state index contributed by atoms with van der Waals surface area (Å²) in [5.41, 5.74) is 7.24. The SMILES string of the molecule is NCC(Cc1ccc(Cl)cc1)N1CCCCC1. The monoisotopic (exact) mass is 252 g/mol. The average molecular weight is 253 g/mol. The van der Waals surface area contributed by atoms with E-state index in [0.717, 1.165) is 18.0 Å². The van der Waals surface area contributed by atoms with E-state index in [1.165, 1.54) is 37.9 Å². The molecule has 1 aromatic rings. The van der Waals surface area contributed by atoms with Crippen molar-refractivity contribution >= 4 is 11.6 Å². The molecule has 1 heterocycles. The van der Waals surface area contributed by atoms with Gasteiger partial charge in [-0.15, -0.1) is 0 Å². The molecule has 2 N–H and O–H groups in total. The second-order valence-corrected chi connectivity index (χ2v) is 5.25. The van der Waals surface area contributed by atoms with Crippen molar-refractivity contribution < 1.29 is 0 Å². The lowest BCUT2D eigenvalue weighted by molar-refractivity contribution is 0.166. The van der Waals surface area contributed by atoms with Crippen LogP contribution in [0.25, 0.3) is 0 Å². The smallest absolute Gasteiger partial charge is 0.0406 e. The fourth-order valence-electron chi connectivity index (χ4n) is 2.54. The predicted octanol–water partition coefficient (Wildman–Crippen LogP) is 2.70. The molecule has 0 aliphatic carbocycles. The van der Waals surface area contributed by atoms with E-state index in [2.05, 4.69) is 17.0 Å². The molecule has 0 amide bonds. The Labute approximate surface area is 109 Å². The van der Waals surface area contributed by atoms with E-state index in [1.807, 2.05) is 12.1 Å². The Morgan fingerprint density at radius 2 is 1.76 bits per heavy atom. The maximum absolute atomic E-state index is 5.91. The van der Waals surface area contributed by atoms with E-state index in [9.17, 15) is 0 Å². The Bertz CT molecular complexity index is 331. The minimum absolute atomic E-state index is 0.483. The highest BCUT2D eigenvalue weighted by Crippen LogP contribution is 2.16. The molecule has 2 nitrogen and oxygen atoms in total. The van der Waals surface area contributed by atoms with Crippen molar-refractivity contribution in [3.63, 3.8) is 0 Å². The van der Waals surface area contributed by atoms with Crippen LogP contribution < -0.4 is 5.73 Å². The number of nitrogens with zero attached hydrogens (tertiary/aromatic N) is 1. The van der Waals surface area contributed by atoms with Crippen molar-refractivity contribution in [1.82, 2.24) is 4.90 Å². The number of halogens is 1. The van der Waals surface area contributed by atoms with E-state index in [1.54, 1.807) is 0 Å². The lowest BCUT2D eigenvalue weighted by Crippen LogP contribution is -2.44. The summed E-state index contributed by atoms with van der Waals surface area (Å²) < 4.78 is 0. The summed E-state index contributed by atoms with van der Waals surface area (Å²) in [7, 11) is 0. The van der Waals surface area contributed by atoms with Gasteiger partial charge in [0.1, 0.15) is 0 Å². The molecular weight excluding hydrogens is 232 g/mol. The minimum atomic E-state index is 0.483. The molecule has 1 atom stereocenters. The van der Waals surface area contributed by atoms with E-state index in [-0.39, 0.29) is 0 Å². The molecule has 0 spiro atoms. The highest BCUT2D eigenvalue weighted by Gasteiger charge is 2.19. The molecule has 0 radical (unpaired) electrons. The van der Waals surface area contributed by atoms with Crippen LogP contribution in [0.4, 0.5) is 0 Å².